The van der Waals surface area contributed by atoms with Gasteiger partial charge in [-0.3, -0.25) is 14.2 Å². The first-order valence-corrected chi connectivity index (χ1v) is 15.5. The van der Waals surface area contributed by atoms with Crippen molar-refractivity contribution in [1.82, 2.24) is 14.2 Å². The molecule has 0 saturated carbocycles. The van der Waals surface area contributed by atoms with Crippen molar-refractivity contribution in [2.75, 3.05) is 27.2 Å². The van der Waals surface area contributed by atoms with E-state index in [1.807, 2.05) is 24.3 Å². The second kappa shape index (κ2) is 12.1. The number of halogens is 3. The van der Waals surface area contributed by atoms with Crippen LogP contribution in [0.15, 0.2) is 76.6 Å². The smallest absolute Gasteiger partial charge is 0.416 e. The molecule has 45 heavy (non-hydrogen) atoms. The Morgan fingerprint density at radius 2 is 1.73 bits per heavy atom. The summed E-state index contributed by atoms with van der Waals surface area (Å²) in [5, 5.41) is 3.51. The molecule has 0 fully saturated rings. The highest BCUT2D eigenvalue weighted by Gasteiger charge is 2.44. The molecule has 0 spiro atoms. The molecule has 5 rings (SSSR count). The van der Waals surface area contributed by atoms with Crippen LogP contribution in [0.3, 0.4) is 0 Å². The Morgan fingerprint density at radius 3 is 2.42 bits per heavy atom. The van der Waals surface area contributed by atoms with E-state index in [2.05, 4.69) is 5.32 Å². The number of aromatic nitrogens is 1. The number of methoxy groups -OCH3 is 1. The van der Waals surface area contributed by atoms with Crippen LogP contribution in [0.25, 0.3) is 21.9 Å². The van der Waals surface area contributed by atoms with Crippen molar-refractivity contribution >= 4 is 32.7 Å². The molecule has 1 N–H and O–H groups in total. The normalized spacial score (nSPS) is 16.3. The number of esters is 1. The molecule has 4 aromatic rings. The third kappa shape index (κ3) is 5.73. The average molecular weight is 642 g/mol. The summed E-state index contributed by atoms with van der Waals surface area (Å²) in [5.41, 5.74) is -2.58. The minimum atomic E-state index is -4.79. The summed E-state index contributed by atoms with van der Waals surface area (Å²) in [7, 11) is -2.33. The lowest BCUT2D eigenvalue weighted by Crippen LogP contribution is -2.50. The van der Waals surface area contributed by atoms with Crippen molar-refractivity contribution in [3.8, 4) is 11.1 Å². The number of nitrogens with zero attached hydrogens (tertiary/aromatic N) is 2. The lowest BCUT2D eigenvalue weighted by Gasteiger charge is -2.34. The summed E-state index contributed by atoms with van der Waals surface area (Å²) in [4.78, 5) is 41.1. The van der Waals surface area contributed by atoms with E-state index in [9.17, 15) is 36.0 Å². The zero-order valence-corrected chi connectivity index (χ0v) is 25.5. The third-order valence-electron chi connectivity index (χ3n) is 7.83. The Kier molecular flexibility index (Phi) is 8.60. The molecule has 1 atom stereocenters. The van der Waals surface area contributed by atoms with Gasteiger partial charge in [-0.2, -0.15) is 17.5 Å². The lowest BCUT2D eigenvalue weighted by atomic mass is 9.89. The van der Waals surface area contributed by atoms with Crippen LogP contribution < -0.4 is 10.9 Å². The molecule has 1 unspecified atom stereocenters. The number of carbonyl (C=O) groups excluding carboxylic acids is 2. The van der Waals surface area contributed by atoms with Crippen LogP contribution in [-0.4, -0.2) is 56.4 Å². The van der Waals surface area contributed by atoms with E-state index >= 15 is 0 Å². The predicted molar refractivity (Wildman–Crippen MR) is 161 cm³/mol. The van der Waals surface area contributed by atoms with Gasteiger partial charge < -0.3 is 10.1 Å². The minimum absolute atomic E-state index is 0.0852. The Morgan fingerprint density at radius 1 is 1.04 bits per heavy atom. The maximum absolute atomic E-state index is 14.4. The van der Waals surface area contributed by atoms with Crippen molar-refractivity contribution < 1.29 is 35.9 Å². The number of hydrogen-bond donors (Lipinski definition) is 1. The highest BCUT2D eigenvalue weighted by Crippen LogP contribution is 2.41. The van der Waals surface area contributed by atoms with Gasteiger partial charge in [0, 0.05) is 25.7 Å². The first kappa shape index (κ1) is 31.9. The molecule has 2 heterocycles. The molecule has 0 aliphatic carbocycles. The maximum atomic E-state index is 14.4. The Bertz CT molecular complexity index is 1980. The number of rotatable bonds is 7. The van der Waals surface area contributed by atoms with E-state index < -0.39 is 62.4 Å². The van der Waals surface area contributed by atoms with E-state index in [-0.39, 0.29) is 29.7 Å². The largest absolute Gasteiger partial charge is 0.467 e. The molecule has 0 radical (unpaired) electrons. The molecule has 1 aromatic heterocycles. The van der Waals surface area contributed by atoms with E-state index in [1.165, 1.54) is 13.1 Å². The summed E-state index contributed by atoms with van der Waals surface area (Å²) in [5.74, 6) is -1.81. The molecule has 0 saturated heterocycles. The number of benzene rings is 3. The molecule has 236 valence electrons. The van der Waals surface area contributed by atoms with E-state index in [0.717, 1.165) is 40.4 Å². The van der Waals surface area contributed by atoms with Gasteiger partial charge >= 0.3 is 12.1 Å². The number of carbonyl (C=O) groups is 2. The van der Waals surface area contributed by atoms with Gasteiger partial charge in [-0.1, -0.05) is 61.5 Å². The van der Waals surface area contributed by atoms with Gasteiger partial charge in [0.25, 0.3) is 21.5 Å². The van der Waals surface area contributed by atoms with Gasteiger partial charge in [-0.05, 0) is 52.4 Å². The standard InChI is InChI=1S/C32H30F3N3O6S/c1-4-15-36-28(39)27-24(17-20-11-7-10-19-9-5-6-14-23(19)20)26(21-12-8-13-22(16-21)32(33,34)35)30-38(29(27)40)25(31(41)44-3)18-37(2)45(30,42)43/h5-14,16,25H,4,15,17-18H2,1-3H3,(H,36,39). The van der Waals surface area contributed by atoms with Crippen molar-refractivity contribution in [2.45, 2.75) is 37.0 Å². The minimum Gasteiger partial charge on any atom is -0.467 e. The molecule has 9 nitrogen and oxygen atoms in total. The molecule has 1 amide bonds. The van der Waals surface area contributed by atoms with Gasteiger partial charge in [0.2, 0.25) is 0 Å². The maximum Gasteiger partial charge on any atom is 0.416 e. The zero-order valence-electron chi connectivity index (χ0n) is 24.6. The number of pyridine rings is 1. The fourth-order valence-corrected chi connectivity index (χ4v) is 7.25. The summed E-state index contributed by atoms with van der Waals surface area (Å²) >= 11 is 0. The second-order valence-electron chi connectivity index (χ2n) is 10.7. The monoisotopic (exact) mass is 641 g/mol. The Balaban J connectivity index is 1.99. The van der Waals surface area contributed by atoms with Crippen molar-refractivity contribution in [3.63, 3.8) is 0 Å². The summed E-state index contributed by atoms with van der Waals surface area (Å²) in [6.07, 6.45) is -4.48. The van der Waals surface area contributed by atoms with Crippen LogP contribution >= 0.6 is 0 Å². The van der Waals surface area contributed by atoms with Gasteiger partial charge in [0.1, 0.15) is 11.6 Å². The van der Waals surface area contributed by atoms with Gasteiger partial charge in [-0.25, -0.2) is 13.2 Å². The molecular weight excluding hydrogens is 611 g/mol. The van der Waals surface area contributed by atoms with Crippen LogP contribution in [0.5, 0.6) is 0 Å². The number of fused-ring (bicyclic) bond motifs is 2. The van der Waals surface area contributed by atoms with Gasteiger partial charge in [0.05, 0.1) is 12.7 Å². The van der Waals surface area contributed by atoms with Crippen molar-refractivity contribution in [3.05, 3.63) is 99.3 Å². The number of amides is 1. The predicted octanol–water partition coefficient (Wildman–Crippen LogP) is 4.77. The number of nitrogens with one attached hydrogen (secondary N) is 1. The van der Waals surface area contributed by atoms with Crippen LogP contribution in [0.4, 0.5) is 13.2 Å². The highest BCUT2D eigenvalue weighted by atomic mass is 32.2. The first-order valence-electron chi connectivity index (χ1n) is 14.1. The topological polar surface area (TPSA) is 115 Å². The number of sulfonamides is 1. The number of hydrogen-bond acceptors (Lipinski definition) is 6. The number of alkyl halides is 3. The van der Waals surface area contributed by atoms with E-state index in [1.54, 1.807) is 25.1 Å². The summed E-state index contributed by atoms with van der Waals surface area (Å²) < 4.78 is 76.5. The molecule has 13 heteroatoms. The van der Waals surface area contributed by atoms with Crippen LogP contribution in [0, 0.1) is 0 Å². The van der Waals surface area contributed by atoms with Crippen LogP contribution in [0.2, 0.25) is 0 Å². The SMILES string of the molecule is CCCNC(=O)c1c(Cc2cccc3ccccc23)c(-c2cccc(C(F)(F)F)c2)c2n(c1=O)C(C(=O)OC)CN(C)S2(=O)=O. The van der Waals surface area contributed by atoms with Crippen LogP contribution in [-0.2, 0) is 32.2 Å². The first-order chi connectivity index (χ1) is 21.3. The van der Waals surface area contributed by atoms with Gasteiger partial charge in [-0.15, -0.1) is 0 Å². The van der Waals surface area contributed by atoms with Crippen molar-refractivity contribution in [2.24, 2.45) is 0 Å². The molecule has 0 bridgehead atoms. The van der Waals surface area contributed by atoms with Gasteiger partial charge in [0.15, 0.2) is 5.03 Å². The summed E-state index contributed by atoms with van der Waals surface area (Å²) in [6, 6.07) is 15.1. The molecular formula is C32H30F3N3O6S. The van der Waals surface area contributed by atoms with Crippen LogP contribution in [0.1, 0.15) is 46.4 Å². The molecule has 1 aliphatic rings. The highest BCUT2D eigenvalue weighted by molar-refractivity contribution is 7.89. The molecule has 1 aliphatic heterocycles. The fraction of sp³-hybridized carbons (Fsp3) is 0.281. The number of likely N-dealkylation sites (N-methyl/N-ethyl adjacent to an activating group) is 1. The van der Waals surface area contributed by atoms with E-state index in [0.29, 0.717) is 16.6 Å². The van der Waals surface area contributed by atoms with E-state index in [4.69, 9.17) is 4.74 Å². The number of ether oxygens (including phenoxy) is 1. The molecule has 3 aromatic carbocycles. The Labute approximate surface area is 257 Å². The lowest BCUT2D eigenvalue weighted by molar-refractivity contribution is -0.145. The average Bonchev–Trinajstić information content (AvgIpc) is 3.01. The zero-order chi connectivity index (χ0) is 32.7. The third-order valence-corrected chi connectivity index (χ3v) is 9.69. The Hall–Kier alpha value is -4.49. The fourth-order valence-electron chi connectivity index (χ4n) is 5.66. The summed E-state index contributed by atoms with van der Waals surface area (Å²) in [6.45, 7) is 1.46. The quantitative estimate of drug-likeness (QED) is 0.291. The second-order valence-corrected chi connectivity index (χ2v) is 12.6. The van der Waals surface area contributed by atoms with Crippen molar-refractivity contribution in [1.29, 1.82) is 0 Å².